The van der Waals surface area contributed by atoms with Crippen molar-refractivity contribution in [2.45, 2.75) is 41.3 Å². The van der Waals surface area contributed by atoms with E-state index in [0.29, 0.717) is 0 Å². The van der Waals surface area contributed by atoms with Gasteiger partial charge >= 0.3 is 5.97 Å². The normalized spacial score (nSPS) is 14.8. The molecule has 5 aromatic carbocycles. The minimum Gasteiger partial charge on any atom is -0.468 e. The Morgan fingerprint density at radius 3 is 1.63 bits per heavy atom. The van der Waals surface area contributed by atoms with E-state index in [4.69, 9.17) is 13.1 Å². The number of hydrogen-bond donors (Lipinski definition) is 1. The van der Waals surface area contributed by atoms with Crippen molar-refractivity contribution in [1.29, 1.82) is 0 Å². The number of nitrogens with one attached hydrogen (secondary N) is 1. The average Bonchev–Trinajstić information content (AvgIpc) is 3.40. The molecular weight excluding hydrogens is 663 g/mol. The standard InChI is InChI=1S/C38H35NO8S2/c1-26-17-21-29(22-18-26)48(41,42)46-25-35(47-49(43,44)30-23-19-27(2)20-24-30)36(37(40)45-3)39-38(28-11-5-4-6-12-28)33-15-9-7-13-31(33)32-14-8-10-16-34(32)38/h4-24,35-36,39H,25H2,1-3H3/t35-,36+/m1/s1. The van der Waals surface area contributed by atoms with Gasteiger partial charge in [0.1, 0.15) is 12.1 Å². The van der Waals surface area contributed by atoms with Gasteiger partial charge in [-0.1, -0.05) is 114 Å². The van der Waals surface area contributed by atoms with E-state index in [-0.39, 0.29) is 9.79 Å². The molecular formula is C38H35NO8S2. The Kier molecular flexibility index (Phi) is 9.56. The van der Waals surface area contributed by atoms with Crippen LogP contribution in [0.4, 0.5) is 0 Å². The maximum atomic E-state index is 13.9. The van der Waals surface area contributed by atoms with Gasteiger partial charge in [0.15, 0.2) is 0 Å². The van der Waals surface area contributed by atoms with E-state index in [2.05, 4.69) is 5.32 Å². The van der Waals surface area contributed by atoms with Gasteiger partial charge in [-0.05, 0) is 65.9 Å². The summed E-state index contributed by atoms with van der Waals surface area (Å²) in [5.74, 6) is -0.891. The van der Waals surface area contributed by atoms with Gasteiger partial charge in [-0.15, -0.1) is 0 Å². The Bertz CT molecular complexity index is 2140. The summed E-state index contributed by atoms with van der Waals surface area (Å²) in [6.07, 6.45) is -1.72. The summed E-state index contributed by atoms with van der Waals surface area (Å²) in [4.78, 5) is 13.6. The Morgan fingerprint density at radius 2 is 1.12 bits per heavy atom. The molecule has 0 unspecified atom stereocenters. The lowest BCUT2D eigenvalue weighted by Crippen LogP contribution is -2.58. The lowest BCUT2D eigenvalue weighted by molar-refractivity contribution is -0.146. The highest BCUT2D eigenvalue weighted by atomic mass is 32.2. The third-order valence-corrected chi connectivity index (χ3v) is 11.3. The monoisotopic (exact) mass is 697 g/mol. The zero-order valence-electron chi connectivity index (χ0n) is 27.1. The fourth-order valence-corrected chi connectivity index (χ4v) is 8.16. The number of carbonyl (C=O) groups excluding carboxylic acids is 1. The van der Waals surface area contributed by atoms with Gasteiger partial charge in [0, 0.05) is 0 Å². The molecule has 0 saturated heterocycles. The molecule has 5 aromatic rings. The summed E-state index contributed by atoms with van der Waals surface area (Å²) < 4.78 is 70.8. The van der Waals surface area contributed by atoms with E-state index >= 15 is 0 Å². The van der Waals surface area contributed by atoms with Crippen molar-refractivity contribution in [3.05, 3.63) is 155 Å². The molecule has 1 aliphatic carbocycles. The van der Waals surface area contributed by atoms with Crippen LogP contribution in [0.15, 0.2) is 137 Å². The summed E-state index contributed by atoms with van der Waals surface area (Å²) in [5, 5.41) is 3.44. The second-order valence-electron chi connectivity index (χ2n) is 11.8. The van der Waals surface area contributed by atoms with Crippen LogP contribution in [0.2, 0.25) is 0 Å². The third kappa shape index (κ3) is 6.68. The number of hydrogen-bond acceptors (Lipinski definition) is 9. The third-order valence-electron chi connectivity index (χ3n) is 8.62. The minimum atomic E-state index is -4.56. The van der Waals surface area contributed by atoms with Crippen molar-refractivity contribution in [2.75, 3.05) is 13.7 Å². The van der Waals surface area contributed by atoms with E-state index in [9.17, 15) is 21.6 Å². The highest BCUT2D eigenvalue weighted by Gasteiger charge is 2.49. The molecule has 0 heterocycles. The molecule has 1 N–H and O–H groups in total. The van der Waals surface area contributed by atoms with Crippen LogP contribution in [-0.2, 0) is 43.7 Å². The van der Waals surface area contributed by atoms with Gasteiger partial charge in [-0.3, -0.25) is 18.5 Å². The number of methoxy groups -OCH3 is 1. The predicted molar refractivity (Wildman–Crippen MR) is 185 cm³/mol. The first-order chi connectivity index (χ1) is 23.5. The van der Waals surface area contributed by atoms with Crippen molar-refractivity contribution in [3.63, 3.8) is 0 Å². The first-order valence-corrected chi connectivity index (χ1v) is 18.3. The van der Waals surface area contributed by atoms with Crippen LogP contribution in [0.3, 0.4) is 0 Å². The molecule has 0 radical (unpaired) electrons. The number of esters is 1. The molecule has 0 bridgehead atoms. The molecule has 0 aromatic heterocycles. The summed E-state index contributed by atoms with van der Waals surface area (Å²) in [7, 11) is -7.81. The largest absolute Gasteiger partial charge is 0.468 e. The van der Waals surface area contributed by atoms with Crippen molar-refractivity contribution >= 4 is 26.2 Å². The first-order valence-electron chi connectivity index (χ1n) is 15.5. The molecule has 11 heteroatoms. The molecule has 1 aliphatic rings. The molecule has 49 heavy (non-hydrogen) atoms. The van der Waals surface area contributed by atoms with Gasteiger partial charge in [-0.25, -0.2) is 0 Å². The predicted octanol–water partition coefficient (Wildman–Crippen LogP) is 5.89. The number of carbonyl (C=O) groups is 1. The molecule has 0 spiro atoms. The number of benzene rings is 5. The maximum Gasteiger partial charge on any atom is 0.325 e. The quantitative estimate of drug-likeness (QED) is 0.126. The summed E-state index contributed by atoms with van der Waals surface area (Å²) in [5.41, 5.74) is 4.58. The van der Waals surface area contributed by atoms with E-state index in [1.165, 1.54) is 24.3 Å². The van der Waals surface area contributed by atoms with E-state index < -0.39 is 50.5 Å². The minimum absolute atomic E-state index is 0.139. The van der Waals surface area contributed by atoms with Crippen molar-refractivity contribution in [1.82, 2.24) is 5.32 Å². The topological polar surface area (TPSA) is 125 Å². The van der Waals surface area contributed by atoms with Gasteiger partial charge in [0.25, 0.3) is 20.2 Å². The molecule has 0 aliphatic heterocycles. The van der Waals surface area contributed by atoms with Gasteiger partial charge in [0.2, 0.25) is 0 Å². The number of fused-ring (bicyclic) bond motifs is 3. The SMILES string of the molecule is COC(=O)[C@@H](NC1(c2ccccc2)c2ccccc2-c2ccccc21)[C@@H](COS(=O)(=O)c1ccc(C)cc1)OS(=O)(=O)c1ccc(C)cc1. The van der Waals surface area contributed by atoms with Crippen LogP contribution < -0.4 is 5.32 Å². The maximum absolute atomic E-state index is 13.9. The summed E-state index contributed by atoms with van der Waals surface area (Å²) in [6, 6.07) is 35.2. The molecule has 2 atom stereocenters. The van der Waals surface area contributed by atoms with E-state index in [1.54, 1.807) is 31.2 Å². The van der Waals surface area contributed by atoms with Crippen molar-refractivity contribution in [2.24, 2.45) is 0 Å². The molecule has 0 fully saturated rings. The average molecular weight is 698 g/mol. The smallest absolute Gasteiger partial charge is 0.325 e. The van der Waals surface area contributed by atoms with Gasteiger partial charge in [0.05, 0.1) is 29.0 Å². The van der Waals surface area contributed by atoms with Crippen molar-refractivity contribution < 1.29 is 34.7 Å². The number of ether oxygens (including phenoxy) is 1. The van der Waals surface area contributed by atoms with Crippen LogP contribution in [0.5, 0.6) is 0 Å². The van der Waals surface area contributed by atoms with Gasteiger partial charge < -0.3 is 4.74 Å². The molecule has 9 nitrogen and oxygen atoms in total. The first kappa shape index (κ1) is 34.2. The second kappa shape index (κ2) is 13.7. The molecule has 0 amide bonds. The highest BCUT2D eigenvalue weighted by molar-refractivity contribution is 7.87. The van der Waals surface area contributed by atoms with Crippen LogP contribution in [0, 0.1) is 13.8 Å². The van der Waals surface area contributed by atoms with Gasteiger partial charge in [-0.2, -0.15) is 16.8 Å². The zero-order chi connectivity index (χ0) is 34.8. The molecule has 6 rings (SSSR count). The van der Waals surface area contributed by atoms with Crippen LogP contribution in [-0.4, -0.2) is 48.7 Å². The Hall–Kier alpha value is -4.65. The summed E-state index contributed by atoms with van der Waals surface area (Å²) >= 11 is 0. The fourth-order valence-electron chi connectivity index (χ4n) is 6.17. The number of rotatable bonds is 12. The Balaban J connectivity index is 1.50. The Labute approximate surface area is 286 Å². The van der Waals surface area contributed by atoms with Crippen LogP contribution in [0.1, 0.15) is 27.8 Å². The number of aryl methyl sites for hydroxylation is 2. The van der Waals surface area contributed by atoms with Crippen LogP contribution >= 0.6 is 0 Å². The lowest BCUT2D eigenvalue weighted by Gasteiger charge is -2.38. The Morgan fingerprint density at radius 1 is 0.653 bits per heavy atom. The fraction of sp³-hybridized carbons (Fsp3) is 0.184. The van der Waals surface area contributed by atoms with E-state index in [1.807, 2.05) is 85.8 Å². The highest BCUT2D eigenvalue weighted by Crippen LogP contribution is 2.51. The molecule has 0 saturated carbocycles. The van der Waals surface area contributed by atoms with Crippen LogP contribution in [0.25, 0.3) is 11.1 Å². The van der Waals surface area contributed by atoms with E-state index in [0.717, 1.165) is 46.1 Å². The van der Waals surface area contributed by atoms with Crippen molar-refractivity contribution in [3.8, 4) is 11.1 Å². The zero-order valence-corrected chi connectivity index (χ0v) is 28.7. The second-order valence-corrected chi connectivity index (χ2v) is 15.0. The summed E-state index contributed by atoms with van der Waals surface area (Å²) in [6.45, 7) is 2.77. The molecule has 252 valence electrons. The lowest BCUT2D eigenvalue weighted by atomic mass is 9.79.